The average molecular weight is 1450 g/mol. The predicted octanol–water partition coefficient (Wildman–Crippen LogP) is 17.8. The van der Waals surface area contributed by atoms with Gasteiger partial charge in [-0.25, -0.2) is 9.59 Å². The van der Waals surface area contributed by atoms with Gasteiger partial charge >= 0.3 is 35.9 Å². The molecule has 0 aromatic carbocycles. The standard InChI is InChI=1S/C90H120N4O12/c1-15-61-33-65-41-87(47-77(95)96,71(65)37-61)51-91-83(103)93-53-89(43-67-35-63(17-3)39-73(67)89)49-79(99)105-75-45-85(11,12)69(59(9)81(75)101)31-29-57(7)27-21-25-55(5)23-19-20-24-56(6)26-22-28-58(8)30-32-70-60(10)82(102)76(46-86(70,13)14)106-80(100)50-90(44-68-36-64(18-4)40-74(68)90)54-94-84(104)92-52-88(48-78(97)98)42-66-34-62(16-2)38-72(66)88/h19-32,37-40,65-68,71-76H,15-18,33-36,41-54H2,1-14H3,(H,95,96)(H,97,98)(H2,91,93,103)(H2,92,94,104). The summed E-state index contributed by atoms with van der Waals surface area (Å²) in [5.74, 6) is -0.831. The summed E-state index contributed by atoms with van der Waals surface area (Å²) in [5.41, 5.74) is 9.44. The van der Waals surface area contributed by atoms with Crippen molar-refractivity contribution in [2.45, 2.75) is 225 Å². The number of carboxylic acids is 2. The van der Waals surface area contributed by atoms with Crippen molar-refractivity contribution < 1.29 is 58.0 Å². The number of esters is 2. The van der Waals surface area contributed by atoms with E-state index in [2.05, 4.69) is 101 Å². The van der Waals surface area contributed by atoms with Crippen LogP contribution in [-0.4, -0.2) is 96.1 Å². The first kappa shape index (κ1) is 80.4. The van der Waals surface area contributed by atoms with E-state index < -0.39 is 68.6 Å². The molecule has 0 heterocycles. The van der Waals surface area contributed by atoms with E-state index in [-0.39, 0.29) is 99.2 Å². The van der Waals surface area contributed by atoms with Gasteiger partial charge in [-0.15, -0.1) is 0 Å². The number of amides is 4. The van der Waals surface area contributed by atoms with Crippen molar-refractivity contribution in [3.05, 3.63) is 176 Å². The van der Waals surface area contributed by atoms with Crippen LogP contribution in [0.2, 0.25) is 0 Å². The first-order valence-corrected chi connectivity index (χ1v) is 39.4. The highest BCUT2D eigenvalue weighted by Gasteiger charge is 2.60. The lowest BCUT2D eigenvalue weighted by Crippen LogP contribution is -2.57. The van der Waals surface area contributed by atoms with Gasteiger partial charge in [-0.3, -0.25) is 28.8 Å². The number of carbonyl (C=O) groups is 8. The molecule has 10 rings (SSSR count). The van der Waals surface area contributed by atoms with Crippen LogP contribution in [0, 0.1) is 79.8 Å². The minimum atomic E-state index is -0.922. The molecule has 16 heteroatoms. The van der Waals surface area contributed by atoms with E-state index in [9.17, 15) is 48.6 Å². The molecule has 14 atom stereocenters. The Morgan fingerprint density at radius 3 is 0.981 bits per heavy atom. The number of rotatable bonds is 32. The lowest BCUT2D eigenvalue weighted by Gasteiger charge is -2.53. The number of ether oxygens (including phenoxy) is 2. The van der Waals surface area contributed by atoms with E-state index in [1.165, 1.54) is 22.3 Å². The molecule has 0 bridgehead atoms. The zero-order valence-electron chi connectivity index (χ0n) is 65.7. The molecule has 106 heavy (non-hydrogen) atoms. The van der Waals surface area contributed by atoms with Crippen LogP contribution in [0.4, 0.5) is 9.59 Å². The molecule has 0 saturated heterocycles. The van der Waals surface area contributed by atoms with Gasteiger partial charge in [0.25, 0.3) is 0 Å². The molecule has 0 spiro atoms. The number of carboxylic acid groups (broad SMARTS) is 2. The first-order valence-electron chi connectivity index (χ1n) is 39.4. The van der Waals surface area contributed by atoms with Crippen LogP contribution < -0.4 is 21.3 Å². The Labute approximate surface area is 630 Å². The average Bonchev–Trinajstić information content (AvgIpc) is 1.55. The van der Waals surface area contributed by atoms with Crippen LogP contribution in [0.1, 0.15) is 213 Å². The Morgan fingerprint density at radius 1 is 0.425 bits per heavy atom. The highest BCUT2D eigenvalue weighted by atomic mass is 16.6. The number of hydrogen-bond acceptors (Lipinski definition) is 10. The lowest BCUT2D eigenvalue weighted by molar-refractivity contribution is -0.162. The molecule has 0 radical (unpaired) electrons. The summed E-state index contributed by atoms with van der Waals surface area (Å²) in [7, 11) is 0. The number of carbonyl (C=O) groups excluding carboxylic acids is 6. The highest BCUT2D eigenvalue weighted by molar-refractivity contribution is 6.02. The van der Waals surface area contributed by atoms with E-state index >= 15 is 0 Å². The SMILES string of the molecule is CCC1=CC2C(C1)CC2(CNC(=O)NCC1(CC(=O)OC2CC(C)(C)C(C=CC(C)=CC=CC(C)=CC=CC=C(C)C=CC=C(C)C=CC3=C(C)C(=O)C(OC(=O)CC4(CNC(=O)NCC5(CC(=O)O)CC6CC(CC)=CC65)CC5CC(CC)=CC54)CC3(C)C)=C(C)C2=O)CC2CC(CC)=CC21)CC(=O)O. The Bertz CT molecular complexity index is 3740. The molecule has 0 aromatic rings. The molecule has 0 aliphatic heterocycles. The minimum absolute atomic E-state index is 0.00377. The smallest absolute Gasteiger partial charge is 0.314 e. The van der Waals surface area contributed by atoms with Gasteiger partial charge in [0.2, 0.25) is 0 Å². The van der Waals surface area contributed by atoms with Crippen LogP contribution in [0.15, 0.2) is 176 Å². The van der Waals surface area contributed by atoms with Crippen molar-refractivity contribution in [2.75, 3.05) is 26.2 Å². The van der Waals surface area contributed by atoms with Crippen molar-refractivity contribution >= 4 is 47.5 Å². The predicted molar refractivity (Wildman–Crippen MR) is 417 cm³/mol. The van der Waals surface area contributed by atoms with Gasteiger partial charge in [-0.1, -0.05) is 209 Å². The second-order valence-electron chi connectivity index (χ2n) is 34.9. The fourth-order valence-corrected chi connectivity index (χ4v) is 20.5. The van der Waals surface area contributed by atoms with Gasteiger partial charge in [0.1, 0.15) is 0 Å². The Kier molecular flexibility index (Phi) is 25.1. The summed E-state index contributed by atoms with van der Waals surface area (Å²) in [4.78, 5) is 107. The van der Waals surface area contributed by atoms with E-state index in [1.54, 1.807) is 0 Å². The minimum Gasteiger partial charge on any atom is -0.481 e. The number of ketones is 2. The lowest BCUT2D eigenvalue weighted by atomic mass is 9.53. The maximum absolute atomic E-state index is 14.1. The maximum atomic E-state index is 14.1. The van der Waals surface area contributed by atoms with Crippen molar-refractivity contribution in [1.29, 1.82) is 0 Å². The van der Waals surface area contributed by atoms with Crippen molar-refractivity contribution in [2.24, 2.45) is 79.8 Å². The van der Waals surface area contributed by atoms with E-state index in [4.69, 9.17) is 9.47 Å². The number of urea groups is 2. The number of Topliss-reactive ketones (excluding diaryl/α,β-unsaturated/α-hetero) is 2. The van der Waals surface area contributed by atoms with Gasteiger partial charge in [0.05, 0.1) is 25.7 Å². The molecule has 16 nitrogen and oxygen atoms in total. The van der Waals surface area contributed by atoms with Crippen LogP contribution in [0.3, 0.4) is 0 Å². The number of nitrogens with one attached hydrogen (secondary N) is 4. The summed E-state index contributed by atoms with van der Waals surface area (Å²) in [6.45, 7) is 29.7. The van der Waals surface area contributed by atoms with Crippen LogP contribution in [-0.2, 0) is 38.2 Å². The molecule has 4 saturated carbocycles. The maximum Gasteiger partial charge on any atom is 0.314 e. The molecule has 10 aliphatic rings. The highest BCUT2D eigenvalue weighted by Crippen LogP contribution is 2.64. The van der Waals surface area contributed by atoms with Gasteiger partial charge in [0, 0.05) is 60.7 Å². The fourth-order valence-electron chi connectivity index (χ4n) is 20.5. The summed E-state index contributed by atoms with van der Waals surface area (Å²) in [5, 5.41) is 32.0. The summed E-state index contributed by atoms with van der Waals surface area (Å²) in [6.07, 6.45) is 47.1. The Morgan fingerprint density at radius 2 is 0.698 bits per heavy atom. The summed E-state index contributed by atoms with van der Waals surface area (Å²) < 4.78 is 12.3. The molecule has 572 valence electrons. The molecular formula is C90H120N4O12. The largest absolute Gasteiger partial charge is 0.481 e. The third-order valence-electron chi connectivity index (χ3n) is 26.3. The van der Waals surface area contributed by atoms with Gasteiger partial charge in [-0.05, 0) is 199 Å². The molecule has 0 aromatic heterocycles. The Hall–Kier alpha value is -8.14. The first-order chi connectivity index (χ1) is 50.2. The zero-order chi connectivity index (χ0) is 76.8. The van der Waals surface area contributed by atoms with Gasteiger partial charge in [0.15, 0.2) is 23.8 Å². The van der Waals surface area contributed by atoms with E-state index in [0.717, 1.165) is 110 Å². The molecule has 4 fully saturated rings. The number of aliphatic carboxylic acids is 2. The normalized spacial score (nSPS) is 32.4. The molecule has 10 aliphatic carbocycles. The fraction of sp³-hybridized carbons (Fsp3) is 0.578. The third-order valence-corrected chi connectivity index (χ3v) is 26.3. The van der Waals surface area contributed by atoms with E-state index in [1.807, 2.05) is 127 Å². The van der Waals surface area contributed by atoms with Gasteiger partial charge in [-0.2, -0.15) is 0 Å². The molecule has 14 unspecified atom stereocenters. The van der Waals surface area contributed by atoms with Crippen LogP contribution >= 0.6 is 0 Å². The van der Waals surface area contributed by atoms with E-state index in [0.29, 0.717) is 47.7 Å². The van der Waals surface area contributed by atoms with Crippen LogP contribution in [0.5, 0.6) is 0 Å². The summed E-state index contributed by atoms with van der Waals surface area (Å²) >= 11 is 0. The van der Waals surface area contributed by atoms with Crippen molar-refractivity contribution in [3.63, 3.8) is 0 Å². The second kappa shape index (κ2) is 33.1. The molecule has 6 N–H and O–H groups in total. The second-order valence-corrected chi connectivity index (χ2v) is 34.9. The summed E-state index contributed by atoms with van der Waals surface area (Å²) in [6, 6.07) is -0.732. The monoisotopic (exact) mass is 1450 g/mol. The third kappa shape index (κ3) is 18.0. The number of fused-ring (bicyclic) bond motifs is 4. The number of allylic oxidation sites excluding steroid dienone is 28. The number of hydrogen-bond donors (Lipinski definition) is 6. The quantitative estimate of drug-likeness (QED) is 0.0209. The van der Waals surface area contributed by atoms with Crippen molar-refractivity contribution in [3.8, 4) is 0 Å². The van der Waals surface area contributed by atoms with Crippen molar-refractivity contribution in [1.82, 2.24) is 21.3 Å². The topological polar surface area (TPSA) is 244 Å². The zero-order valence-corrected chi connectivity index (χ0v) is 65.7. The van der Waals surface area contributed by atoms with Crippen LogP contribution in [0.25, 0.3) is 0 Å². The Balaban J connectivity index is 0.669. The van der Waals surface area contributed by atoms with Gasteiger partial charge < -0.3 is 41.0 Å². The molecular weight excluding hydrogens is 1330 g/mol. The molecule has 4 amide bonds.